The van der Waals surface area contributed by atoms with Crippen molar-refractivity contribution in [3.8, 4) is 0 Å². The molecule has 2 aromatic rings. The number of thiophene rings is 2. The van der Waals surface area contributed by atoms with Gasteiger partial charge < -0.3 is 10.2 Å². The minimum atomic E-state index is -0.203. The van der Waals surface area contributed by atoms with Gasteiger partial charge in [0.15, 0.2) is 0 Å². The highest BCUT2D eigenvalue weighted by atomic mass is 32.1. The fourth-order valence-corrected chi connectivity index (χ4v) is 6.58. The Morgan fingerprint density at radius 3 is 2.63 bits per heavy atom. The SMILES string of the molecule is O=C(c1cccs1)c1c(NC(=O)C2CCCN(C(=O)C3CC3)C2)sc2c1CCCC2. The molecule has 2 aromatic heterocycles. The number of nitrogens with zero attached hydrogens (tertiary/aromatic N) is 1. The average Bonchev–Trinajstić information content (AvgIpc) is 3.34. The molecule has 3 aliphatic rings. The number of amides is 2. The van der Waals surface area contributed by atoms with Gasteiger partial charge in [0.1, 0.15) is 5.00 Å². The lowest BCUT2D eigenvalue weighted by molar-refractivity contribution is -0.135. The van der Waals surface area contributed by atoms with E-state index < -0.39 is 0 Å². The van der Waals surface area contributed by atoms with Crippen LogP contribution in [0.25, 0.3) is 0 Å². The van der Waals surface area contributed by atoms with Crippen molar-refractivity contribution in [2.24, 2.45) is 11.8 Å². The Kier molecular flexibility index (Phi) is 5.50. The summed E-state index contributed by atoms with van der Waals surface area (Å²) in [6.07, 6.45) is 7.73. The predicted molar refractivity (Wildman–Crippen MR) is 119 cm³/mol. The number of hydrogen-bond acceptors (Lipinski definition) is 5. The molecule has 0 aromatic carbocycles. The highest BCUT2D eigenvalue weighted by molar-refractivity contribution is 7.17. The van der Waals surface area contributed by atoms with Crippen LogP contribution in [-0.2, 0) is 22.4 Å². The molecule has 5 rings (SSSR count). The maximum Gasteiger partial charge on any atom is 0.229 e. The number of rotatable bonds is 5. The maximum atomic E-state index is 13.3. The third kappa shape index (κ3) is 3.85. The highest BCUT2D eigenvalue weighted by Gasteiger charge is 2.37. The number of fused-ring (bicyclic) bond motifs is 1. The Labute approximate surface area is 184 Å². The number of nitrogens with one attached hydrogen (secondary N) is 1. The van der Waals surface area contributed by atoms with Gasteiger partial charge in [-0.3, -0.25) is 14.4 Å². The summed E-state index contributed by atoms with van der Waals surface area (Å²) in [7, 11) is 0. The van der Waals surface area contributed by atoms with Crippen molar-refractivity contribution >= 4 is 45.3 Å². The van der Waals surface area contributed by atoms with Crippen molar-refractivity contribution < 1.29 is 14.4 Å². The molecule has 30 heavy (non-hydrogen) atoms. The molecule has 0 bridgehead atoms. The molecule has 5 nitrogen and oxygen atoms in total. The molecular formula is C23H26N2O3S2. The summed E-state index contributed by atoms with van der Waals surface area (Å²) in [5.74, 6) is 0.166. The van der Waals surface area contributed by atoms with Crippen molar-refractivity contribution in [2.45, 2.75) is 51.4 Å². The predicted octanol–water partition coefficient (Wildman–Crippen LogP) is 4.51. The van der Waals surface area contributed by atoms with Gasteiger partial charge in [0, 0.05) is 23.9 Å². The summed E-state index contributed by atoms with van der Waals surface area (Å²) in [5.41, 5.74) is 1.83. The molecule has 2 amide bonds. The van der Waals surface area contributed by atoms with Crippen LogP contribution in [0.5, 0.6) is 0 Å². The molecule has 0 radical (unpaired) electrons. The zero-order valence-corrected chi connectivity index (χ0v) is 18.6. The van der Waals surface area contributed by atoms with Gasteiger partial charge in [-0.25, -0.2) is 0 Å². The molecular weight excluding hydrogens is 416 g/mol. The fraction of sp³-hybridized carbons (Fsp3) is 0.522. The van der Waals surface area contributed by atoms with E-state index in [0.717, 1.165) is 68.4 Å². The summed E-state index contributed by atoms with van der Waals surface area (Å²) < 4.78 is 0. The number of carbonyl (C=O) groups excluding carboxylic acids is 3. The Bertz CT molecular complexity index is 975. The molecule has 1 unspecified atom stereocenters. The van der Waals surface area contributed by atoms with E-state index in [-0.39, 0.29) is 29.4 Å². The van der Waals surface area contributed by atoms with E-state index in [1.165, 1.54) is 16.2 Å². The van der Waals surface area contributed by atoms with Crippen LogP contribution in [-0.4, -0.2) is 35.6 Å². The molecule has 2 fully saturated rings. The van der Waals surface area contributed by atoms with Crippen molar-refractivity contribution in [3.63, 3.8) is 0 Å². The van der Waals surface area contributed by atoms with Crippen LogP contribution in [0.3, 0.4) is 0 Å². The maximum absolute atomic E-state index is 13.3. The van der Waals surface area contributed by atoms with E-state index in [4.69, 9.17) is 0 Å². The Hall–Kier alpha value is -1.99. The standard InChI is InChI=1S/C23H26N2O3S2/c26-20(18-8-4-12-29-18)19-16-6-1-2-7-17(16)30-22(19)24-21(27)15-5-3-11-25(13-15)23(28)14-9-10-14/h4,8,12,14-15H,1-3,5-7,9-11,13H2,(H,24,27). The van der Waals surface area contributed by atoms with E-state index in [9.17, 15) is 14.4 Å². The van der Waals surface area contributed by atoms with Crippen LogP contribution in [0, 0.1) is 11.8 Å². The molecule has 158 valence electrons. The number of ketones is 1. The van der Waals surface area contributed by atoms with Gasteiger partial charge in [-0.2, -0.15) is 0 Å². The smallest absolute Gasteiger partial charge is 0.229 e. The Morgan fingerprint density at radius 2 is 1.87 bits per heavy atom. The molecule has 0 spiro atoms. The number of hydrogen-bond donors (Lipinski definition) is 1. The first-order chi connectivity index (χ1) is 14.6. The van der Waals surface area contributed by atoms with Gasteiger partial charge in [-0.05, 0) is 68.4 Å². The molecule has 2 aliphatic carbocycles. The first kappa shape index (κ1) is 19.9. The molecule has 3 heterocycles. The zero-order chi connectivity index (χ0) is 20.7. The highest BCUT2D eigenvalue weighted by Crippen LogP contribution is 2.40. The van der Waals surface area contributed by atoms with Crippen LogP contribution in [0.1, 0.15) is 64.2 Å². The number of piperidine rings is 1. The van der Waals surface area contributed by atoms with Gasteiger partial charge >= 0.3 is 0 Å². The van der Waals surface area contributed by atoms with E-state index >= 15 is 0 Å². The second-order valence-corrected chi connectivity index (χ2v) is 10.7. The Balaban J connectivity index is 1.37. The van der Waals surface area contributed by atoms with Gasteiger partial charge in [-0.1, -0.05) is 6.07 Å². The molecule has 1 atom stereocenters. The van der Waals surface area contributed by atoms with Crippen molar-refractivity contribution in [1.29, 1.82) is 0 Å². The second-order valence-electron chi connectivity index (χ2n) is 8.61. The topological polar surface area (TPSA) is 66.5 Å². The third-order valence-corrected chi connectivity index (χ3v) is 8.49. The normalized spacial score (nSPS) is 21.2. The first-order valence-electron chi connectivity index (χ1n) is 10.9. The summed E-state index contributed by atoms with van der Waals surface area (Å²) in [6, 6.07) is 3.75. The lowest BCUT2D eigenvalue weighted by Crippen LogP contribution is -2.44. The summed E-state index contributed by atoms with van der Waals surface area (Å²) in [5, 5.41) is 5.73. The first-order valence-corrected chi connectivity index (χ1v) is 12.6. The van der Waals surface area contributed by atoms with Crippen molar-refractivity contribution in [1.82, 2.24) is 4.90 Å². The van der Waals surface area contributed by atoms with E-state index in [1.54, 1.807) is 11.3 Å². The fourth-order valence-electron chi connectivity index (χ4n) is 4.62. The average molecular weight is 443 g/mol. The lowest BCUT2D eigenvalue weighted by Gasteiger charge is -2.32. The third-order valence-electron chi connectivity index (χ3n) is 6.41. The number of aryl methyl sites for hydroxylation is 1. The monoisotopic (exact) mass is 442 g/mol. The van der Waals surface area contributed by atoms with Crippen LogP contribution in [0.4, 0.5) is 5.00 Å². The van der Waals surface area contributed by atoms with Gasteiger partial charge in [-0.15, -0.1) is 22.7 Å². The van der Waals surface area contributed by atoms with Crippen LogP contribution < -0.4 is 5.32 Å². The van der Waals surface area contributed by atoms with Gasteiger partial charge in [0.2, 0.25) is 17.6 Å². The van der Waals surface area contributed by atoms with Gasteiger partial charge in [0.05, 0.1) is 16.4 Å². The van der Waals surface area contributed by atoms with Crippen LogP contribution in [0.2, 0.25) is 0 Å². The van der Waals surface area contributed by atoms with E-state index in [0.29, 0.717) is 17.1 Å². The van der Waals surface area contributed by atoms with Crippen LogP contribution >= 0.6 is 22.7 Å². The van der Waals surface area contributed by atoms with Gasteiger partial charge in [0.25, 0.3) is 0 Å². The van der Waals surface area contributed by atoms with Crippen LogP contribution in [0.15, 0.2) is 17.5 Å². The summed E-state index contributed by atoms with van der Waals surface area (Å²) in [6.45, 7) is 1.26. The summed E-state index contributed by atoms with van der Waals surface area (Å²) in [4.78, 5) is 42.7. The second kappa shape index (κ2) is 8.27. The minimum Gasteiger partial charge on any atom is -0.342 e. The lowest BCUT2D eigenvalue weighted by atomic mass is 9.93. The molecule has 1 N–H and O–H groups in total. The minimum absolute atomic E-state index is 0.0221. The zero-order valence-electron chi connectivity index (χ0n) is 16.9. The van der Waals surface area contributed by atoms with Crippen molar-refractivity contribution in [2.75, 3.05) is 18.4 Å². The quantitative estimate of drug-likeness (QED) is 0.693. The Morgan fingerprint density at radius 1 is 1.03 bits per heavy atom. The largest absolute Gasteiger partial charge is 0.342 e. The molecule has 1 aliphatic heterocycles. The number of anilines is 1. The summed E-state index contributed by atoms with van der Waals surface area (Å²) >= 11 is 3.02. The number of carbonyl (C=O) groups is 3. The molecule has 7 heteroatoms. The van der Waals surface area contributed by atoms with E-state index in [1.807, 2.05) is 22.4 Å². The number of likely N-dealkylation sites (tertiary alicyclic amines) is 1. The molecule has 1 saturated heterocycles. The van der Waals surface area contributed by atoms with E-state index in [2.05, 4.69) is 5.32 Å². The molecule has 1 saturated carbocycles. The van der Waals surface area contributed by atoms with Crippen molar-refractivity contribution in [3.05, 3.63) is 38.4 Å².